The number of hydrogen-bond acceptors (Lipinski definition) is 2. The van der Waals surface area contributed by atoms with Crippen LogP contribution in [-0.2, 0) is 4.74 Å². The lowest BCUT2D eigenvalue weighted by Gasteiger charge is -2.23. The van der Waals surface area contributed by atoms with Crippen molar-refractivity contribution in [2.75, 3.05) is 13.2 Å². The Bertz CT molecular complexity index is 419. The Labute approximate surface area is 123 Å². The maximum atomic E-state index is 12.1. The van der Waals surface area contributed by atoms with Crippen molar-refractivity contribution in [1.82, 2.24) is 5.32 Å². The Kier molecular flexibility index (Phi) is 4.81. The summed E-state index contributed by atoms with van der Waals surface area (Å²) in [4.78, 5) is 12.1. The summed E-state index contributed by atoms with van der Waals surface area (Å²) >= 11 is 5.61. The first-order chi connectivity index (χ1) is 8.16. The molecule has 0 radical (unpaired) electrons. The van der Waals surface area contributed by atoms with Crippen LogP contribution in [0.3, 0.4) is 0 Å². The van der Waals surface area contributed by atoms with Gasteiger partial charge >= 0.3 is 0 Å². The highest BCUT2D eigenvalue weighted by atomic mass is 127. The molecule has 0 aromatic heterocycles. The molecule has 1 aliphatic rings. The lowest BCUT2D eigenvalue weighted by Crippen LogP contribution is -2.39. The maximum Gasteiger partial charge on any atom is 0.252 e. The summed E-state index contributed by atoms with van der Waals surface area (Å²) in [6, 6.07) is 6.00. The molecule has 0 saturated carbocycles. The fourth-order valence-electron chi connectivity index (χ4n) is 1.78. The third kappa shape index (κ3) is 3.66. The number of benzene rings is 1. The van der Waals surface area contributed by atoms with Crippen molar-refractivity contribution in [3.63, 3.8) is 0 Å². The van der Waals surface area contributed by atoms with Crippen LogP contribution < -0.4 is 5.32 Å². The molecule has 1 heterocycles. The molecule has 2 rings (SSSR count). The standard InChI is InChI=1S/C12H13BrINO2/c13-11-2-1-8(14)7-10(11)12(16)15-9-3-5-17-6-4-9/h1-2,7,9H,3-6H2,(H,15,16). The molecule has 1 fully saturated rings. The predicted octanol–water partition coefficient (Wildman–Crippen LogP) is 2.96. The van der Waals surface area contributed by atoms with Crippen LogP contribution in [-0.4, -0.2) is 25.2 Å². The zero-order valence-corrected chi connectivity index (χ0v) is 13.0. The summed E-state index contributed by atoms with van der Waals surface area (Å²) in [5, 5.41) is 3.05. The van der Waals surface area contributed by atoms with Crippen LogP contribution >= 0.6 is 38.5 Å². The van der Waals surface area contributed by atoms with Gasteiger partial charge in [0.1, 0.15) is 0 Å². The zero-order valence-electron chi connectivity index (χ0n) is 9.21. The quantitative estimate of drug-likeness (QED) is 0.762. The van der Waals surface area contributed by atoms with E-state index in [1.165, 1.54) is 0 Å². The number of carbonyl (C=O) groups excluding carboxylic acids is 1. The summed E-state index contributed by atoms with van der Waals surface area (Å²) < 4.78 is 7.16. The Balaban J connectivity index is 2.05. The number of carbonyl (C=O) groups is 1. The van der Waals surface area contributed by atoms with Gasteiger partial charge in [0.2, 0.25) is 0 Å². The Hall–Kier alpha value is -0.140. The van der Waals surface area contributed by atoms with Crippen LogP contribution in [0.25, 0.3) is 0 Å². The monoisotopic (exact) mass is 409 g/mol. The molecule has 0 atom stereocenters. The second-order valence-corrected chi connectivity index (χ2v) is 6.08. The topological polar surface area (TPSA) is 38.3 Å². The van der Waals surface area contributed by atoms with E-state index >= 15 is 0 Å². The molecule has 0 aliphatic carbocycles. The van der Waals surface area contributed by atoms with Gasteiger partial charge in [-0.25, -0.2) is 0 Å². The van der Waals surface area contributed by atoms with Crippen molar-refractivity contribution in [3.8, 4) is 0 Å². The van der Waals surface area contributed by atoms with E-state index in [4.69, 9.17) is 4.74 Å². The van der Waals surface area contributed by atoms with Gasteiger partial charge < -0.3 is 10.1 Å². The average Bonchev–Trinajstić information content (AvgIpc) is 2.33. The van der Waals surface area contributed by atoms with Gasteiger partial charge in [0, 0.05) is 27.3 Å². The van der Waals surface area contributed by atoms with Gasteiger partial charge in [0.25, 0.3) is 5.91 Å². The highest BCUT2D eigenvalue weighted by molar-refractivity contribution is 14.1. The van der Waals surface area contributed by atoms with Gasteiger partial charge in [0.05, 0.1) is 5.56 Å². The SMILES string of the molecule is O=C(NC1CCOCC1)c1cc(I)ccc1Br. The first kappa shape index (κ1) is 13.3. The summed E-state index contributed by atoms with van der Waals surface area (Å²) in [5.41, 5.74) is 0.698. The van der Waals surface area contributed by atoms with Crippen molar-refractivity contribution < 1.29 is 9.53 Å². The van der Waals surface area contributed by atoms with Crippen molar-refractivity contribution in [3.05, 3.63) is 31.8 Å². The number of halogens is 2. The maximum absolute atomic E-state index is 12.1. The predicted molar refractivity (Wildman–Crippen MR) is 78.2 cm³/mol. The summed E-state index contributed by atoms with van der Waals surface area (Å²) in [6.45, 7) is 1.47. The number of hydrogen-bond donors (Lipinski definition) is 1. The molecule has 1 aliphatic heterocycles. The molecule has 1 amide bonds. The molecule has 0 unspecified atom stereocenters. The Morgan fingerprint density at radius 1 is 1.41 bits per heavy atom. The average molecular weight is 410 g/mol. The van der Waals surface area contributed by atoms with Gasteiger partial charge in [-0.15, -0.1) is 0 Å². The van der Waals surface area contributed by atoms with Crippen molar-refractivity contribution in [2.45, 2.75) is 18.9 Å². The molecule has 3 nitrogen and oxygen atoms in total. The molecule has 1 saturated heterocycles. The molecule has 0 bridgehead atoms. The summed E-state index contributed by atoms with van der Waals surface area (Å²) in [7, 11) is 0. The molecule has 5 heteroatoms. The Morgan fingerprint density at radius 3 is 2.82 bits per heavy atom. The fraction of sp³-hybridized carbons (Fsp3) is 0.417. The van der Waals surface area contributed by atoms with Crippen molar-refractivity contribution >= 4 is 44.4 Å². The first-order valence-electron chi connectivity index (χ1n) is 5.50. The van der Waals surface area contributed by atoms with Crippen LogP contribution in [0.5, 0.6) is 0 Å². The minimum atomic E-state index is -0.0118. The highest BCUT2D eigenvalue weighted by Crippen LogP contribution is 2.20. The fourth-order valence-corrected chi connectivity index (χ4v) is 2.69. The van der Waals surface area contributed by atoms with E-state index in [-0.39, 0.29) is 11.9 Å². The lowest BCUT2D eigenvalue weighted by atomic mass is 10.1. The van der Waals surface area contributed by atoms with Gasteiger partial charge in [-0.3, -0.25) is 4.79 Å². The van der Waals surface area contributed by atoms with E-state index in [0.717, 1.165) is 34.1 Å². The van der Waals surface area contributed by atoms with E-state index in [2.05, 4.69) is 43.8 Å². The third-order valence-electron chi connectivity index (χ3n) is 2.73. The number of ether oxygens (including phenoxy) is 1. The van der Waals surface area contributed by atoms with Gasteiger partial charge in [-0.2, -0.15) is 0 Å². The van der Waals surface area contributed by atoms with E-state index in [0.29, 0.717) is 5.56 Å². The highest BCUT2D eigenvalue weighted by Gasteiger charge is 2.18. The lowest BCUT2D eigenvalue weighted by molar-refractivity contribution is 0.0696. The molecule has 1 N–H and O–H groups in total. The molecule has 1 aromatic rings. The molecular weight excluding hydrogens is 397 g/mol. The summed E-state index contributed by atoms with van der Waals surface area (Å²) in [6.07, 6.45) is 1.79. The van der Waals surface area contributed by atoms with Crippen molar-refractivity contribution in [1.29, 1.82) is 0 Å². The molecular formula is C12H13BrINO2. The molecule has 0 spiro atoms. The van der Waals surface area contributed by atoms with Crippen LogP contribution in [0.15, 0.2) is 22.7 Å². The van der Waals surface area contributed by atoms with Crippen LogP contribution in [0.2, 0.25) is 0 Å². The van der Waals surface area contributed by atoms with Gasteiger partial charge in [-0.05, 0) is 69.6 Å². The Morgan fingerprint density at radius 2 is 2.12 bits per heavy atom. The van der Waals surface area contributed by atoms with E-state index in [9.17, 15) is 4.79 Å². The summed E-state index contributed by atoms with van der Waals surface area (Å²) in [5.74, 6) is -0.0118. The molecule has 1 aromatic carbocycles. The third-order valence-corrected chi connectivity index (χ3v) is 4.09. The van der Waals surface area contributed by atoms with Crippen LogP contribution in [0.4, 0.5) is 0 Å². The smallest absolute Gasteiger partial charge is 0.252 e. The molecule has 17 heavy (non-hydrogen) atoms. The van der Waals surface area contributed by atoms with E-state index < -0.39 is 0 Å². The van der Waals surface area contributed by atoms with Crippen molar-refractivity contribution in [2.24, 2.45) is 0 Å². The van der Waals surface area contributed by atoms with Gasteiger partial charge in [-0.1, -0.05) is 0 Å². The molecule has 92 valence electrons. The van der Waals surface area contributed by atoms with Gasteiger partial charge in [0.15, 0.2) is 0 Å². The first-order valence-corrected chi connectivity index (χ1v) is 7.37. The zero-order chi connectivity index (χ0) is 12.3. The minimum Gasteiger partial charge on any atom is -0.381 e. The second-order valence-electron chi connectivity index (χ2n) is 3.98. The largest absolute Gasteiger partial charge is 0.381 e. The normalized spacial score (nSPS) is 16.8. The second kappa shape index (κ2) is 6.15. The van der Waals surface area contributed by atoms with E-state index in [1.54, 1.807) is 0 Å². The number of rotatable bonds is 2. The number of amides is 1. The number of nitrogens with one attached hydrogen (secondary N) is 1. The van der Waals surface area contributed by atoms with Crippen LogP contribution in [0, 0.1) is 3.57 Å². The minimum absolute atomic E-state index is 0.0118. The van der Waals surface area contributed by atoms with Crippen LogP contribution in [0.1, 0.15) is 23.2 Å². The van der Waals surface area contributed by atoms with E-state index in [1.807, 2.05) is 18.2 Å².